The maximum atomic E-state index is 9.77. The van der Waals surface area contributed by atoms with Crippen molar-refractivity contribution in [2.24, 2.45) is 0 Å². The summed E-state index contributed by atoms with van der Waals surface area (Å²) >= 11 is 0. The molecule has 0 unspecified atom stereocenters. The van der Waals surface area contributed by atoms with E-state index in [4.69, 9.17) is 0 Å². The van der Waals surface area contributed by atoms with Crippen LogP contribution in [0.5, 0.6) is 0 Å². The Morgan fingerprint density at radius 2 is 0.320 bits per heavy atom. The first-order chi connectivity index (χ1) is 10.4. The van der Waals surface area contributed by atoms with E-state index < -0.39 is 53.1 Å². The van der Waals surface area contributed by atoms with Crippen molar-refractivity contribution in [1.82, 2.24) is 0 Å². The van der Waals surface area contributed by atoms with Crippen LogP contribution in [0.25, 0.3) is 0 Å². The van der Waals surface area contributed by atoms with Gasteiger partial charge >= 0.3 is 53.1 Å². The molecule has 0 atom stereocenters. The molecule has 0 aliphatic carbocycles. The van der Waals surface area contributed by atoms with E-state index in [2.05, 4.69) is 0 Å². The average molecular weight is 625 g/mol. The summed E-state index contributed by atoms with van der Waals surface area (Å²) in [5, 5.41) is 0. The fourth-order valence-corrected chi connectivity index (χ4v) is 0. The average Bonchev–Trinajstić information content (AvgIpc) is 2.08. The molecule has 0 bridgehead atoms. The first kappa shape index (κ1) is 45.6. The van der Waals surface area contributed by atoms with Gasteiger partial charge in [-0.15, -0.1) is 0 Å². The fraction of sp³-hybridized carbons (Fsp3) is 0. The third-order valence-electron chi connectivity index (χ3n) is 0. The van der Waals surface area contributed by atoms with Gasteiger partial charge in [-0.3, -0.25) is 0 Å². The summed E-state index contributed by atoms with van der Waals surface area (Å²) < 4.78 is 175. The van der Waals surface area contributed by atoms with E-state index >= 15 is 0 Å². The summed E-state index contributed by atoms with van der Waals surface area (Å²) in [6.45, 7) is 0. The minimum Gasteiger partial charge on any atom is -0.152 e. The third-order valence-corrected chi connectivity index (χ3v) is 0. The van der Waals surface area contributed by atoms with E-state index in [1.54, 1.807) is 0 Å². The normalized spacial score (nSPS) is 8.64. The summed E-state index contributed by atoms with van der Waals surface area (Å²) in [6.07, 6.45) is 0. The van der Waals surface area contributed by atoms with Gasteiger partial charge in [-0.25, -0.2) is 0 Å². The smallest absolute Gasteiger partial charge is 0.152 e. The van der Waals surface area contributed by atoms with Crippen LogP contribution in [0.2, 0.25) is 0 Å². The molecule has 0 fully saturated rings. The molecule has 0 amide bonds. The van der Waals surface area contributed by atoms with E-state index in [1.807, 2.05) is 0 Å². The maximum Gasteiger partial charge on any atom is 0.558 e. The van der Waals surface area contributed by atoms with Crippen LogP contribution in [0.4, 0.5) is 75.5 Å². The van der Waals surface area contributed by atoms with Crippen molar-refractivity contribution < 1.29 is 96.6 Å². The van der Waals surface area contributed by atoms with Crippen molar-refractivity contribution in [1.29, 1.82) is 0 Å². The van der Waals surface area contributed by atoms with E-state index in [1.165, 1.54) is 0 Å². The second-order valence-corrected chi connectivity index (χ2v) is 3.52. The van der Waals surface area contributed by atoms with Crippen LogP contribution in [0.3, 0.4) is 0 Å². The molecule has 0 saturated carbocycles. The molecule has 0 nitrogen and oxygen atoms in total. The summed E-state index contributed by atoms with van der Waals surface area (Å²) in [4.78, 5) is 0. The number of halogens is 18. The molecule has 25 heavy (non-hydrogen) atoms. The maximum absolute atomic E-state index is 9.77. The predicted molar refractivity (Wildman–Crippen MR) is 62.9 cm³/mol. The van der Waals surface area contributed by atoms with Crippen LogP contribution in [-0.2, 0) is 21.1 Å². The van der Waals surface area contributed by atoms with Gasteiger partial charge in [0.1, 0.15) is 0 Å². The van der Waals surface area contributed by atoms with Crippen LogP contribution in [-0.4, -0.2) is 0 Å². The van der Waals surface area contributed by atoms with Gasteiger partial charge in [0.15, 0.2) is 0 Å². The first-order valence-electron chi connectivity index (χ1n) is 3.10. The molecule has 0 aliphatic heterocycles. The Bertz CT molecular complexity index is 101. The number of rotatable bonds is 0. The summed E-state index contributed by atoms with van der Waals surface area (Å²) in [6, 6.07) is 0. The van der Waals surface area contributed by atoms with E-state index in [9.17, 15) is 75.5 Å². The van der Waals surface area contributed by atoms with Gasteiger partial charge in [-0.2, -0.15) is 63.0 Å². The molecule has 0 heterocycles. The van der Waals surface area contributed by atoms with Crippen LogP contribution in [0.15, 0.2) is 0 Å². The molecular weight excluding hydrogens is 624 g/mol. The van der Waals surface area contributed by atoms with Crippen molar-refractivity contribution in [3.05, 3.63) is 0 Å². The van der Waals surface area contributed by atoms with Crippen molar-refractivity contribution in [3.8, 4) is 0 Å². The molecule has 0 rings (SSSR count). The Morgan fingerprint density at radius 3 is 0.320 bits per heavy atom. The molecule has 0 aliphatic rings. The van der Waals surface area contributed by atoms with Gasteiger partial charge in [0.25, 0.3) is 0 Å². The molecule has 0 aromatic heterocycles. The van der Waals surface area contributed by atoms with Gasteiger partial charge in [0.2, 0.25) is 0 Å². The zero-order chi connectivity index (χ0) is 21.5. The Kier molecular flexibility index (Phi) is 74.2. The second kappa shape index (κ2) is 40.6. The summed E-state index contributed by atoms with van der Waals surface area (Å²) in [5.41, 5.74) is 0. The first-order valence-corrected chi connectivity index (χ1v) is 9.31. The van der Waals surface area contributed by atoms with Gasteiger partial charge in [-0.05, 0) is 0 Å². The minimum atomic E-state index is -4.38. The molecular formula is HF18MoP6+. The van der Waals surface area contributed by atoms with Gasteiger partial charge in [0, 0.05) is 33.7 Å². The quantitative estimate of drug-likeness (QED) is 0.143. The SMILES string of the molecule is FP(F)F.FP(F)F.FP(F)F.FP(F)F.FP(F)F.F[PH+](F)F.[Mo]. The number of hydrogen-bond acceptors (Lipinski definition) is 0. The van der Waals surface area contributed by atoms with Crippen molar-refractivity contribution >= 4 is 53.1 Å². The molecule has 0 saturated heterocycles. The van der Waals surface area contributed by atoms with Crippen LogP contribution < -0.4 is 0 Å². The Balaban J connectivity index is -0.0000000309. The zero-order valence-corrected chi connectivity index (χ0v) is 17.4. The molecule has 0 spiro atoms. The van der Waals surface area contributed by atoms with Crippen LogP contribution >= 0.6 is 53.1 Å². The topological polar surface area (TPSA) is 0 Å². The van der Waals surface area contributed by atoms with Gasteiger partial charge in [-0.1, -0.05) is 0 Å². The molecule has 0 aromatic rings. The standard InChI is InChI=1S/F3HP.5F3P.Mo/c6*1-4(2)3;/h4H;;;;;;/q+1;;;;;;. The van der Waals surface area contributed by atoms with Crippen molar-refractivity contribution in [3.63, 3.8) is 0 Å². The van der Waals surface area contributed by atoms with E-state index in [-0.39, 0.29) is 21.1 Å². The molecule has 0 N–H and O–H groups in total. The Morgan fingerprint density at radius 1 is 0.320 bits per heavy atom. The molecule has 25 heteroatoms. The Labute approximate surface area is 150 Å². The molecule has 162 valence electrons. The summed E-state index contributed by atoms with van der Waals surface area (Å²) in [7, 11) is -25.0. The number of hydrogen-bond donors (Lipinski definition) is 0. The van der Waals surface area contributed by atoms with Gasteiger partial charge < -0.3 is 0 Å². The van der Waals surface area contributed by atoms with E-state index in [0.29, 0.717) is 0 Å². The monoisotopic (exact) mass is 627 g/mol. The van der Waals surface area contributed by atoms with Crippen molar-refractivity contribution in [2.75, 3.05) is 0 Å². The van der Waals surface area contributed by atoms with E-state index in [0.717, 1.165) is 0 Å². The second-order valence-electron chi connectivity index (χ2n) is 1.17. The predicted octanol–water partition coefficient (Wildman–Crippen LogP) is 12.5. The summed E-state index contributed by atoms with van der Waals surface area (Å²) in [5.74, 6) is 0. The Hall–Kier alpha value is 2.01. The minimum absolute atomic E-state index is 0. The van der Waals surface area contributed by atoms with Gasteiger partial charge in [0.05, 0.1) is 0 Å². The third kappa shape index (κ3) is 3720. The zero-order valence-electron chi connectivity index (χ0n) is 9.95. The van der Waals surface area contributed by atoms with Crippen LogP contribution in [0.1, 0.15) is 0 Å². The molecule has 0 aromatic carbocycles. The largest absolute Gasteiger partial charge is 0.558 e. The fourth-order valence-electron chi connectivity index (χ4n) is 0. The molecule has 0 radical (unpaired) electrons. The van der Waals surface area contributed by atoms with Crippen molar-refractivity contribution in [2.45, 2.75) is 0 Å². The van der Waals surface area contributed by atoms with Crippen LogP contribution in [0, 0.1) is 0 Å².